The monoisotopic (exact) mass is 460 g/mol. The number of carboxylic acid groups (broad SMARTS) is 1. The van der Waals surface area contributed by atoms with E-state index in [1.54, 1.807) is 7.05 Å². The van der Waals surface area contributed by atoms with Crippen LogP contribution in [0.15, 0.2) is 36.4 Å². The number of likely N-dealkylation sites (N-methyl/N-ethyl adjacent to an activating group) is 1. The first-order valence-corrected chi connectivity index (χ1v) is 10.4. The maximum absolute atomic E-state index is 13.4. The van der Waals surface area contributed by atoms with Crippen LogP contribution in [0.4, 0.5) is 14.5 Å². The van der Waals surface area contributed by atoms with Crippen molar-refractivity contribution in [3.05, 3.63) is 59.2 Å². The number of nitrogens with one attached hydrogen (secondary N) is 1. The van der Waals surface area contributed by atoms with Crippen LogP contribution in [-0.2, 0) is 9.53 Å². The van der Waals surface area contributed by atoms with Gasteiger partial charge in [0.15, 0.2) is 0 Å². The summed E-state index contributed by atoms with van der Waals surface area (Å²) in [6.45, 7) is 0.125. The van der Waals surface area contributed by atoms with Crippen molar-refractivity contribution in [2.75, 3.05) is 19.0 Å². The maximum Gasteiger partial charge on any atom is 0.305 e. The van der Waals surface area contributed by atoms with Crippen LogP contribution in [0, 0.1) is 11.6 Å². The Hall–Kier alpha value is -3.53. The molecule has 2 N–H and O–H groups in total. The van der Waals surface area contributed by atoms with Crippen LogP contribution < -0.4 is 10.1 Å². The molecule has 4 rings (SSSR count). The van der Waals surface area contributed by atoms with Crippen LogP contribution in [0.25, 0.3) is 0 Å². The van der Waals surface area contributed by atoms with Crippen molar-refractivity contribution in [2.45, 2.75) is 37.5 Å². The smallest absolute Gasteiger partial charge is 0.305 e. The number of hydrogen-bond donors (Lipinski definition) is 2. The molecule has 1 saturated heterocycles. The minimum absolute atomic E-state index is 0.115. The Labute approximate surface area is 188 Å². The van der Waals surface area contributed by atoms with Crippen LogP contribution in [0.1, 0.15) is 40.0 Å². The predicted molar refractivity (Wildman–Crippen MR) is 112 cm³/mol. The average Bonchev–Trinajstić information content (AvgIpc) is 2.75. The van der Waals surface area contributed by atoms with Gasteiger partial charge in [-0.25, -0.2) is 8.78 Å². The van der Waals surface area contributed by atoms with E-state index in [-0.39, 0.29) is 47.5 Å². The van der Waals surface area contributed by atoms with Gasteiger partial charge in [-0.15, -0.1) is 0 Å². The molecule has 2 amide bonds. The van der Waals surface area contributed by atoms with E-state index in [2.05, 4.69) is 5.32 Å². The molecule has 0 aliphatic carbocycles. The number of nitrogens with zero attached hydrogens (tertiary/aromatic N) is 1. The number of ether oxygens (including phenoxy) is 2. The molecule has 2 aromatic carbocycles. The Balaban J connectivity index is 1.54. The summed E-state index contributed by atoms with van der Waals surface area (Å²) in [5.74, 6) is -3.50. The largest absolute Gasteiger partial charge is 0.490 e. The number of rotatable bonds is 4. The first-order valence-electron chi connectivity index (χ1n) is 10.4. The molecule has 0 bridgehead atoms. The highest BCUT2D eigenvalue weighted by Gasteiger charge is 2.39. The predicted octanol–water partition coefficient (Wildman–Crippen LogP) is 3.07. The van der Waals surface area contributed by atoms with Crippen molar-refractivity contribution in [2.24, 2.45) is 0 Å². The Bertz CT molecular complexity index is 1090. The SMILES string of the molecule is CN1C(=O)c2cc(NC(=O)c3cc(F)cc(F)c3)ccc2OC[C@H]2O[C@@H](CC(=O)O)CC[C@@H]21. The molecule has 0 unspecified atom stereocenters. The molecule has 33 heavy (non-hydrogen) atoms. The Morgan fingerprint density at radius 3 is 2.58 bits per heavy atom. The highest BCUT2D eigenvalue weighted by atomic mass is 19.1. The number of aliphatic carboxylic acids is 1. The normalized spacial score (nSPS) is 22.3. The lowest BCUT2D eigenvalue weighted by Gasteiger charge is -2.42. The summed E-state index contributed by atoms with van der Waals surface area (Å²) in [6.07, 6.45) is 0.0199. The number of carboxylic acids is 1. The molecular formula is C23H22F2N2O6. The zero-order valence-electron chi connectivity index (χ0n) is 17.7. The highest BCUT2D eigenvalue weighted by Crippen LogP contribution is 2.32. The molecule has 2 heterocycles. The second-order valence-corrected chi connectivity index (χ2v) is 8.09. The Morgan fingerprint density at radius 1 is 1.15 bits per heavy atom. The topological polar surface area (TPSA) is 105 Å². The van der Waals surface area contributed by atoms with Crippen LogP contribution >= 0.6 is 0 Å². The standard InChI is InChI=1S/C23H22F2N2O6/c1-27-18-4-3-16(10-21(28)29)33-20(18)11-32-19-5-2-15(9-17(19)23(27)31)26-22(30)12-6-13(24)8-14(25)7-12/h2,5-9,16,18,20H,3-4,10-11H2,1H3,(H,26,30)(H,28,29)/t16-,18+,20-/m1/s1. The molecule has 0 saturated carbocycles. The second-order valence-electron chi connectivity index (χ2n) is 8.09. The number of amides is 2. The molecular weight excluding hydrogens is 438 g/mol. The Morgan fingerprint density at radius 2 is 1.88 bits per heavy atom. The number of fused-ring (bicyclic) bond motifs is 2. The third kappa shape index (κ3) is 4.95. The van der Waals surface area contributed by atoms with E-state index in [0.717, 1.165) is 12.1 Å². The fourth-order valence-electron chi connectivity index (χ4n) is 4.19. The molecule has 2 aromatic rings. The van der Waals surface area contributed by atoms with Crippen molar-refractivity contribution < 1.29 is 37.7 Å². The van der Waals surface area contributed by atoms with E-state index in [1.165, 1.54) is 23.1 Å². The van der Waals surface area contributed by atoms with E-state index in [9.17, 15) is 23.2 Å². The Kier molecular flexibility index (Phi) is 6.28. The molecule has 1 fully saturated rings. The van der Waals surface area contributed by atoms with Crippen molar-refractivity contribution >= 4 is 23.5 Å². The zero-order valence-corrected chi connectivity index (χ0v) is 17.7. The van der Waals surface area contributed by atoms with Gasteiger partial charge < -0.3 is 24.8 Å². The molecule has 174 valence electrons. The lowest BCUT2D eigenvalue weighted by molar-refractivity contribution is -0.148. The minimum Gasteiger partial charge on any atom is -0.490 e. The van der Waals surface area contributed by atoms with E-state index < -0.39 is 35.7 Å². The van der Waals surface area contributed by atoms with Gasteiger partial charge in [0.05, 0.1) is 24.1 Å². The summed E-state index contributed by atoms with van der Waals surface area (Å²) in [5, 5.41) is 11.6. The third-order valence-electron chi connectivity index (χ3n) is 5.80. The van der Waals surface area contributed by atoms with Crippen molar-refractivity contribution in [3.63, 3.8) is 0 Å². The lowest BCUT2D eigenvalue weighted by Crippen LogP contribution is -2.53. The molecule has 8 nitrogen and oxygen atoms in total. The molecule has 3 atom stereocenters. The number of carbonyl (C=O) groups is 3. The summed E-state index contributed by atoms with van der Waals surface area (Å²) in [7, 11) is 1.64. The van der Waals surface area contributed by atoms with Gasteiger partial charge in [-0.1, -0.05) is 0 Å². The van der Waals surface area contributed by atoms with Crippen molar-refractivity contribution in [1.82, 2.24) is 4.90 Å². The summed E-state index contributed by atoms with van der Waals surface area (Å²) >= 11 is 0. The molecule has 10 heteroatoms. The zero-order chi connectivity index (χ0) is 23.7. The van der Waals surface area contributed by atoms with E-state index >= 15 is 0 Å². The second kappa shape index (κ2) is 9.14. The van der Waals surface area contributed by atoms with E-state index in [0.29, 0.717) is 18.9 Å². The molecule has 2 aliphatic heterocycles. The third-order valence-corrected chi connectivity index (χ3v) is 5.80. The van der Waals surface area contributed by atoms with Crippen LogP contribution in [-0.4, -0.2) is 59.7 Å². The first kappa shape index (κ1) is 22.7. The lowest BCUT2D eigenvalue weighted by atomic mass is 9.94. The van der Waals surface area contributed by atoms with Gasteiger partial charge in [0.1, 0.15) is 30.1 Å². The van der Waals surface area contributed by atoms with Crippen LogP contribution in [0.3, 0.4) is 0 Å². The molecule has 0 spiro atoms. The molecule has 0 radical (unpaired) electrons. The summed E-state index contributed by atoms with van der Waals surface area (Å²) in [5.41, 5.74) is 0.274. The highest BCUT2D eigenvalue weighted by molar-refractivity contribution is 6.05. The summed E-state index contributed by atoms with van der Waals surface area (Å²) in [4.78, 5) is 38.2. The molecule has 2 aliphatic rings. The quantitative estimate of drug-likeness (QED) is 0.727. The van der Waals surface area contributed by atoms with Gasteiger partial charge in [0, 0.05) is 24.4 Å². The number of hydrogen-bond acceptors (Lipinski definition) is 5. The number of halogens is 2. The number of benzene rings is 2. The number of carbonyl (C=O) groups excluding carboxylic acids is 2. The van der Waals surface area contributed by atoms with Gasteiger partial charge in [-0.2, -0.15) is 0 Å². The fourth-order valence-corrected chi connectivity index (χ4v) is 4.19. The van der Waals surface area contributed by atoms with Crippen LogP contribution in [0.5, 0.6) is 5.75 Å². The van der Waals surface area contributed by atoms with Gasteiger partial charge in [-0.3, -0.25) is 14.4 Å². The fraction of sp³-hybridized carbons (Fsp3) is 0.348. The van der Waals surface area contributed by atoms with Crippen molar-refractivity contribution in [3.8, 4) is 5.75 Å². The maximum atomic E-state index is 13.4. The average molecular weight is 460 g/mol. The van der Waals surface area contributed by atoms with E-state index in [1.807, 2.05) is 0 Å². The van der Waals surface area contributed by atoms with E-state index in [4.69, 9.17) is 14.6 Å². The minimum atomic E-state index is -0.949. The van der Waals surface area contributed by atoms with Gasteiger partial charge in [-0.05, 0) is 43.2 Å². The summed E-state index contributed by atoms with van der Waals surface area (Å²) in [6, 6.07) is 6.65. The molecule has 0 aromatic heterocycles. The van der Waals surface area contributed by atoms with Crippen LogP contribution in [0.2, 0.25) is 0 Å². The van der Waals surface area contributed by atoms with Gasteiger partial charge >= 0.3 is 5.97 Å². The first-order chi connectivity index (χ1) is 15.7. The summed E-state index contributed by atoms with van der Waals surface area (Å²) < 4.78 is 38.6. The van der Waals surface area contributed by atoms with Crippen molar-refractivity contribution in [1.29, 1.82) is 0 Å². The van der Waals surface area contributed by atoms with Gasteiger partial charge in [0.2, 0.25) is 0 Å². The van der Waals surface area contributed by atoms with Gasteiger partial charge in [0.25, 0.3) is 11.8 Å². The number of anilines is 1.